The van der Waals surface area contributed by atoms with Crippen LogP contribution in [-0.2, 0) is 24.2 Å². The molecular formula is C20H23ClN2O4. The van der Waals surface area contributed by atoms with Gasteiger partial charge < -0.3 is 14.8 Å². The summed E-state index contributed by atoms with van der Waals surface area (Å²) in [6.07, 6.45) is 1.63. The van der Waals surface area contributed by atoms with E-state index in [1.807, 2.05) is 30.3 Å². The third-order valence-electron chi connectivity index (χ3n) is 4.60. The Hall–Kier alpha value is -2.28. The molecule has 0 bridgehead atoms. The molecule has 0 spiro atoms. The fourth-order valence-electron chi connectivity index (χ4n) is 3.10. The summed E-state index contributed by atoms with van der Waals surface area (Å²) < 4.78 is 11.7. The fraction of sp³-hybridized carbons (Fsp3) is 0.350. The lowest BCUT2D eigenvalue weighted by molar-refractivity contribution is -0.128. The van der Waals surface area contributed by atoms with E-state index >= 15 is 0 Å². The summed E-state index contributed by atoms with van der Waals surface area (Å²) >= 11 is 6.31. The normalized spacial score (nSPS) is 15.6. The molecule has 0 saturated carbocycles. The molecule has 2 aromatic carbocycles. The Morgan fingerprint density at radius 2 is 2.22 bits per heavy atom. The molecule has 1 atom stereocenters. The van der Waals surface area contributed by atoms with Crippen LogP contribution in [0.1, 0.15) is 23.6 Å². The first-order valence-corrected chi connectivity index (χ1v) is 9.29. The van der Waals surface area contributed by atoms with E-state index < -0.39 is 5.91 Å². The van der Waals surface area contributed by atoms with Gasteiger partial charge >= 0.3 is 0 Å². The summed E-state index contributed by atoms with van der Waals surface area (Å²) in [4.78, 5) is 11.1. The Kier molecular flexibility index (Phi) is 6.55. The SMILES string of the molecule is CCc1cccc(Cl)c1COc1ccc2c(c1)OCC(NCC(=O)NO)C2. The molecule has 0 radical (unpaired) electrons. The largest absolute Gasteiger partial charge is 0.492 e. The number of aryl methyl sites for hydroxylation is 1. The highest BCUT2D eigenvalue weighted by atomic mass is 35.5. The highest BCUT2D eigenvalue weighted by Gasteiger charge is 2.21. The Labute approximate surface area is 163 Å². The molecule has 3 N–H and O–H groups in total. The van der Waals surface area contributed by atoms with Gasteiger partial charge in [0.2, 0.25) is 0 Å². The van der Waals surface area contributed by atoms with Gasteiger partial charge in [0.25, 0.3) is 5.91 Å². The number of hydrogen-bond acceptors (Lipinski definition) is 5. The van der Waals surface area contributed by atoms with Crippen molar-refractivity contribution >= 4 is 17.5 Å². The van der Waals surface area contributed by atoms with Gasteiger partial charge in [0.1, 0.15) is 24.7 Å². The van der Waals surface area contributed by atoms with Crippen LogP contribution in [0.2, 0.25) is 5.02 Å². The minimum absolute atomic E-state index is 0.0109. The summed E-state index contributed by atoms with van der Waals surface area (Å²) in [5.41, 5.74) is 4.83. The number of halogens is 1. The lowest BCUT2D eigenvalue weighted by Gasteiger charge is -2.26. The van der Waals surface area contributed by atoms with Crippen molar-refractivity contribution in [2.45, 2.75) is 32.4 Å². The number of rotatable bonds is 7. The van der Waals surface area contributed by atoms with E-state index in [-0.39, 0.29) is 12.6 Å². The minimum Gasteiger partial charge on any atom is -0.492 e. The number of benzene rings is 2. The van der Waals surface area contributed by atoms with Gasteiger partial charge in [-0.2, -0.15) is 0 Å². The Bertz CT molecular complexity index is 813. The molecule has 0 fully saturated rings. The first-order chi connectivity index (χ1) is 13.1. The zero-order valence-corrected chi connectivity index (χ0v) is 15.9. The second-order valence-corrected chi connectivity index (χ2v) is 6.82. The zero-order chi connectivity index (χ0) is 19.2. The van der Waals surface area contributed by atoms with Crippen LogP contribution in [0.5, 0.6) is 11.5 Å². The van der Waals surface area contributed by atoms with Crippen LogP contribution < -0.4 is 20.3 Å². The lowest BCUT2D eigenvalue weighted by atomic mass is 10.0. The predicted molar refractivity (Wildman–Crippen MR) is 103 cm³/mol. The molecule has 0 aliphatic carbocycles. The van der Waals surface area contributed by atoms with Crippen molar-refractivity contribution in [2.75, 3.05) is 13.2 Å². The molecule has 0 saturated heterocycles. The van der Waals surface area contributed by atoms with E-state index in [2.05, 4.69) is 18.3 Å². The molecule has 3 rings (SSSR count). The van der Waals surface area contributed by atoms with Crippen molar-refractivity contribution in [3.63, 3.8) is 0 Å². The number of nitrogens with one attached hydrogen (secondary N) is 2. The van der Waals surface area contributed by atoms with Crippen molar-refractivity contribution in [3.8, 4) is 11.5 Å². The molecule has 2 aromatic rings. The van der Waals surface area contributed by atoms with E-state index in [4.69, 9.17) is 26.3 Å². The second-order valence-electron chi connectivity index (χ2n) is 6.42. The molecule has 7 heteroatoms. The first-order valence-electron chi connectivity index (χ1n) is 8.91. The van der Waals surface area contributed by atoms with Gasteiger partial charge in [-0.25, -0.2) is 5.48 Å². The molecule has 27 heavy (non-hydrogen) atoms. The van der Waals surface area contributed by atoms with Crippen LogP contribution in [0.25, 0.3) is 0 Å². The number of carbonyl (C=O) groups is 1. The third-order valence-corrected chi connectivity index (χ3v) is 4.96. The maximum Gasteiger partial charge on any atom is 0.257 e. The van der Waals surface area contributed by atoms with Crippen LogP contribution in [0.15, 0.2) is 36.4 Å². The quantitative estimate of drug-likeness (QED) is 0.500. The van der Waals surface area contributed by atoms with E-state index in [1.54, 1.807) is 5.48 Å². The van der Waals surface area contributed by atoms with Gasteiger partial charge in [-0.15, -0.1) is 0 Å². The number of hydrogen-bond donors (Lipinski definition) is 3. The minimum atomic E-state index is -0.476. The summed E-state index contributed by atoms with van der Waals surface area (Å²) in [5, 5.41) is 12.3. The first kappa shape index (κ1) is 19.5. The third kappa shape index (κ3) is 4.91. The van der Waals surface area contributed by atoms with E-state index in [0.29, 0.717) is 18.2 Å². The van der Waals surface area contributed by atoms with Gasteiger partial charge in [-0.3, -0.25) is 10.0 Å². The number of carbonyl (C=O) groups excluding carboxylic acids is 1. The second kappa shape index (κ2) is 9.08. The van der Waals surface area contributed by atoms with Gasteiger partial charge in [0.05, 0.1) is 6.54 Å². The standard InChI is InChI=1S/C20H23ClN2O4/c1-2-13-4-3-5-18(21)17(13)12-26-16-7-6-14-8-15(11-27-19(14)9-16)22-10-20(24)23-25/h3-7,9,15,22,25H,2,8,10-12H2,1H3,(H,23,24). The van der Waals surface area contributed by atoms with Crippen molar-refractivity contribution < 1.29 is 19.5 Å². The van der Waals surface area contributed by atoms with Crippen LogP contribution >= 0.6 is 11.6 Å². The molecule has 1 amide bonds. The molecule has 1 aliphatic rings. The summed E-state index contributed by atoms with van der Waals surface area (Å²) in [6.45, 7) is 2.98. The number of hydroxylamine groups is 1. The summed E-state index contributed by atoms with van der Waals surface area (Å²) in [6, 6.07) is 11.7. The van der Waals surface area contributed by atoms with Crippen LogP contribution in [0.3, 0.4) is 0 Å². The van der Waals surface area contributed by atoms with Gasteiger partial charge in [0.15, 0.2) is 0 Å². The van der Waals surface area contributed by atoms with Crippen molar-refractivity contribution in [1.29, 1.82) is 0 Å². The molecule has 0 aromatic heterocycles. The van der Waals surface area contributed by atoms with Crippen molar-refractivity contribution in [1.82, 2.24) is 10.8 Å². The smallest absolute Gasteiger partial charge is 0.257 e. The zero-order valence-electron chi connectivity index (χ0n) is 15.1. The molecule has 1 heterocycles. The lowest BCUT2D eigenvalue weighted by Crippen LogP contribution is -2.44. The van der Waals surface area contributed by atoms with Crippen LogP contribution in [0.4, 0.5) is 0 Å². The average molecular weight is 391 g/mol. The number of amides is 1. The van der Waals surface area contributed by atoms with Gasteiger partial charge in [0, 0.05) is 22.7 Å². The Morgan fingerprint density at radius 1 is 1.37 bits per heavy atom. The molecule has 144 valence electrons. The highest BCUT2D eigenvalue weighted by Crippen LogP contribution is 2.30. The average Bonchev–Trinajstić information content (AvgIpc) is 2.70. The maximum atomic E-state index is 11.1. The molecule has 6 nitrogen and oxygen atoms in total. The number of fused-ring (bicyclic) bond motifs is 1. The summed E-state index contributed by atoms with van der Waals surface area (Å²) in [7, 11) is 0. The Morgan fingerprint density at radius 3 is 3.00 bits per heavy atom. The predicted octanol–water partition coefficient (Wildman–Crippen LogP) is 2.88. The molecule has 1 aliphatic heterocycles. The topological polar surface area (TPSA) is 79.8 Å². The van der Waals surface area contributed by atoms with E-state index in [1.165, 1.54) is 5.56 Å². The van der Waals surface area contributed by atoms with Crippen LogP contribution in [-0.4, -0.2) is 30.3 Å². The van der Waals surface area contributed by atoms with Gasteiger partial charge in [-0.05, 0) is 36.1 Å². The number of ether oxygens (including phenoxy) is 2. The van der Waals surface area contributed by atoms with Crippen LogP contribution in [0, 0.1) is 0 Å². The fourth-order valence-corrected chi connectivity index (χ4v) is 3.35. The van der Waals surface area contributed by atoms with Crippen molar-refractivity contribution in [3.05, 3.63) is 58.1 Å². The van der Waals surface area contributed by atoms with Crippen molar-refractivity contribution in [2.24, 2.45) is 0 Å². The van der Waals surface area contributed by atoms with E-state index in [9.17, 15) is 4.79 Å². The summed E-state index contributed by atoms with van der Waals surface area (Å²) in [5.74, 6) is 1.03. The van der Waals surface area contributed by atoms with E-state index in [0.717, 1.165) is 35.5 Å². The maximum absolute atomic E-state index is 11.1. The van der Waals surface area contributed by atoms with Gasteiger partial charge in [-0.1, -0.05) is 36.7 Å². The monoisotopic (exact) mass is 390 g/mol. The highest BCUT2D eigenvalue weighted by molar-refractivity contribution is 6.31. The Balaban J connectivity index is 1.62. The molecule has 1 unspecified atom stereocenters. The molecular weight excluding hydrogens is 368 g/mol.